The number of nitrogens with one attached hydrogen (secondary N) is 1. The second kappa shape index (κ2) is 10.8. The first-order valence-corrected chi connectivity index (χ1v) is 11.6. The molecule has 3 aromatic rings. The van der Waals surface area contributed by atoms with Crippen LogP contribution in [0.1, 0.15) is 26.8 Å². The zero-order valence-corrected chi connectivity index (χ0v) is 18.7. The van der Waals surface area contributed by atoms with Crippen molar-refractivity contribution in [1.82, 2.24) is 10.2 Å². The summed E-state index contributed by atoms with van der Waals surface area (Å²) < 4.78 is 11.2. The number of thiophene rings is 1. The van der Waals surface area contributed by atoms with Crippen molar-refractivity contribution in [3.05, 3.63) is 87.1 Å². The lowest BCUT2D eigenvalue weighted by atomic mass is 10.1. The maximum Gasteiger partial charge on any atom is 0.251 e. The second-order valence-corrected chi connectivity index (χ2v) is 8.74. The van der Waals surface area contributed by atoms with Crippen LogP contribution in [-0.2, 0) is 11.3 Å². The molecule has 31 heavy (non-hydrogen) atoms. The van der Waals surface area contributed by atoms with Gasteiger partial charge in [0.1, 0.15) is 12.4 Å². The number of hydrogen-bond donors (Lipinski definition) is 1. The van der Waals surface area contributed by atoms with E-state index in [1.54, 1.807) is 23.5 Å². The summed E-state index contributed by atoms with van der Waals surface area (Å²) in [5, 5.41) is 5.87. The van der Waals surface area contributed by atoms with E-state index in [1.807, 2.05) is 36.4 Å². The molecule has 2 aromatic carbocycles. The Balaban J connectivity index is 1.32. The molecule has 1 aromatic heterocycles. The van der Waals surface area contributed by atoms with E-state index in [9.17, 15) is 4.79 Å². The number of benzene rings is 2. The predicted octanol–water partition coefficient (Wildman–Crippen LogP) is 4.78. The van der Waals surface area contributed by atoms with Crippen LogP contribution in [0, 0.1) is 0 Å². The van der Waals surface area contributed by atoms with Gasteiger partial charge in [-0.15, -0.1) is 11.3 Å². The molecule has 7 heteroatoms. The van der Waals surface area contributed by atoms with Gasteiger partial charge in [0.2, 0.25) is 0 Å². The van der Waals surface area contributed by atoms with Crippen molar-refractivity contribution in [2.24, 2.45) is 0 Å². The number of amides is 1. The molecule has 2 heterocycles. The van der Waals surface area contributed by atoms with Crippen LogP contribution in [0.5, 0.6) is 5.75 Å². The summed E-state index contributed by atoms with van der Waals surface area (Å²) in [6.45, 7) is 4.22. The molecule has 1 saturated heterocycles. The maximum atomic E-state index is 12.7. The van der Waals surface area contributed by atoms with Gasteiger partial charge in [0, 0.05) is 35.1 Å². The number of morpholine rings is 1. The lowest BCUT2D eigenvalue weighted by Gasteiger charge is -2.34. The molecule has 1 N–H and O–H groups in total. The fourth-order valence-electron chi connectivity index (χ4n) is 3.52. The highest BCUT2D eigenvalue weighted by molar-refractivity contribution is 7.10. The van der Waals surface area contributed by atoms with Gasteiger partial charge in [-0.3, -0.25) is 9.69 Å². The Labute approximate surface area is 191 Å². The quantitative estimate of drug-likeness (QED) is 0.529. The lowest BCUT2D eigenvalue weighted by Crippen LogP contribution is -2.43. The van der Waals surface area contributed by atoms with Crippen molar-refractivity contribution in [3.8, 4) is 5.75 Å². The average molecular weight is 457 g/mol. The maximum absolute atomic E-state index is 12.7. The summed E-state index contributed by atoms with van der Waals surface area (Å²) in [5.74, 6) is 0.689. The first-order chi connectivity index (χ1) is 15.2. The van der Waals surface area contributed by atoms with Crippen LogP contribution in [0.15, 0.2) is 66.0 Å². The van der Waals surface area contributed by atoms with Crippen molar-refractivity contribution in [2.75, 3.05) is 32.8 Å². The molecule has 4 rings (SSSR count). The topological polar surface area (TPSA) is 50.8 Å². The number of carbonyl (C=O) groups is 1. The van der Waals surface area contributed by atoms with Crippen molar-refractivity contribution < 1.29 is 14.3 Å². The Morgan fingerprint density at radius 2 is 1.84 bits per heavy atom. The third-order valence-corrected chi connectivity index (χ3v) is 6.47. The van der Waals surface area contributed by atoms with E-state index < -0.39 is 0 Å². The minimum absolute atomic E-state index is 0.0695. The van der Waals surface area contributed by atoms with Crippen LogP contribution in [0.2, 0.25) is 5.02 Å². The van der Waals surface area contributed by atoms with Crippen LogP contribution in [0.25, 0.3) is 0 Å². The Hall–Kier alpha value is -2.38. The number of ether oxygens (including phenoxy) is 2. The third-order valence-electron chi connectivity index (χ3n) is 5.25. The third kappa shape index (κ3) is 6.08. The van der Waals surface area contributed by atoms with E-state index >= 15 is 0 Å². The number of hydrogen-bond acceptors (Lipinski definition) is 5. The molecule has 0 bridgehead atoms. The molecule has 1 atom stereocenters. The van der Waals surface area contributed by atoms with E-state index in [1.165, 1.54) is 4.88 Å². The van der Waals surface area contributed by atoms with Gasteiger partial charge in [-0.1, -0.05) is 29.8 Å². The Morgan fingerprint density at radius 3 is 2.52 bits per heavy atom. The average Bonchev–Trinajstić information content (AvgIpc) is 3.34. The van der Waals surface area contributed by atoms with E-state index in [0.29, 0.717) is 23.7 Å². The van der Waals surface area contributed by atoms with E-state index in [-0.39, 0.29) is 11.9 Å². The van der Waals surface area contributed by atoms with Crippen molar-refractivity contribution >= 4 is 28.8 Å². The SMILES string of the molecule is O=C(NC[C@H](c1cccs1)N1CCOCC1)c1ccc(COc2ccc(Cl)cc2)cc1. The number of halogens is 1. The molecular weight excluding hydrogens is 432 g/mol. The normalized spacial score (nSPS) is 15.4. The first kappa shape index (κ1) is 21.8. The van der Waals surface area contributed by atoms with Gasteiger partial charge in [-0.25, -0.2) is 0 Å². The highest BCUT2D eigenvalue weighted by Crippen LogP contribution is 2.25. The summed E-state index contributed by atoms with van der Waals surface area (Å²) in [6, 6.07) is 19.1. The molecule has 0 saturated carbocycles. The van der Waals surface area contributed by atoms with E-state index in [4.69, 9.17) is 21.1 Å². The largest absolute Gasteiger partial charge is 0.489 e. The van der Waals surface area contributed by atoms with Gasteiger partial charge in [-0.2, -0.15) is 0 Å². The smallest absolute Gasteiger partial charge is 0.251 e. The molecule has 162 valence electrons. The molecule has 1 fully saturated rings. The predicted molar refractivity (Wildman–Crippen MR) is 124 cm³/mol. The minimum atomic E-state index is -0.0695. The Bertz CT molecular complexity index is 956. The highest BCUT2D eigenvalue weighted by atomic mass is 35.5. The summed E-state index contributed by atoms with van der Waals surface area (Å²) >= 11 is 7.62. The van der Waals surface area contributed by atoms with Crippen LogP contribution >= 0.6 is 22.9 Å². The Kier molecular flexibility index (Phi) is 7.59. The lowest BCUT2D eigenvalue weighted by molar-refractivity contribution is 0.0169. The molecule has 0 aliphatic carbocycles. The summed E-state index contributed by atoms with van der Waals surface area (Å²) in [5.41, 5.74) is 1.64. The zero-order chi connectivity index (χ0) is 21.5. The number of rotatable bonds is 8. The molecule has 1 aliphatic heterocycles. The van der Waals surface area contributed by atoms with Crippen LogP contribution < -0.4 is 10.1 Å². The molecule has 0 spiro atoms. The van der Waals surface area contributed by atoms with E-state index in [2.05, 4.69) is 27.7 Å². The summed E-state index contributed by atoms with van der Waals surface area (Å²) in [7, 11) is 0. The van der Waals surface area contributed by atoms with Gasteiger partial charge in [0.15, 0.2) is 0 Å². The first-order valence-electron chi connectivity index (χ1n) is 10.3. The van der Waals surface area contributed by atoms with Crippen LogP contribution in [0.4, 0.5) is 0 Å². The van der Waals surface area contributed by atoms with Gasteiger partial charge >= 0.3 is 0 Å². The van der Waals surface area contributed by atoms with Gasteiger partial charge in [0.25, 0.3) is 5.91 Å². The standard InChI is InChI=1S/C24H25ClN2O3S/c25-20-7-9-21(10-8-20)30-17-18-3-5-19(6-4-18)24(28)26-16-22(23-2-1-15-31-23)27-11-13-29-14-12-27/h1-10,15,22H,11-14,16-17H2,(H,26,28)/t22-/m1/s1. The molecular formula is C24H25ClN2O3S. The van der Waals surface area contributed by atoms with Crippen molar-refractivity contribution in [1.29, 1.82) is 0 Å². The fraction of sp³-hybridized carbons (Fsp3) is 0.292. The number of nitrogens with zero attached hydrogens (tertiary/aromatic N) is 1. The molecule has 5 nitrogen and oxygen atoms in total. The summed E-state index contributed by atoms with van der Waals surface area (Å²) in [4.78, 5) is 16.4. The van der Waals surface area contributed by atoms with Crippen molar-refractivity contribution in [2.45, 2.75) is 12.6 Å². The molecule has 1 amide bonds. The molecule has 0 unspecified atom stereocenters. The monoisotopic (exact) mass is 456 g/mol. The second-order valence-electron chi connectivity index (χ2n) is 7.33. The number of carbonyl (C=O) groups excluding carboxylic acids is 1. The van der Waals surface area contributed by atoms with Crippen LogP contribution in [-0.4, -0.2) is 43.7 Å². The van der Waals surface area contributed by atoms with Crippen LogP contribution in [0.3, 0.4) is 0 Å². The molecule has 0 radical (unpaired) electrons. The van der Waals surface area contributed by atoms with Crippen molar-refractivity contribution in [3.63, 3.8) is 0 Å². The van der Waals surface area contributed by atoms with E-state index in [0.717, 1.165) is 37.6 Å². The zero-order valence-electron chi connectivity index (χ0n) is 17.1. The highest BCUT2D eigenvalue weighted by Gasteiger charge is 2.24. The Morgan fingerprint density at radius 1 is 1.10 bits per heavy atom. The van der Waals surface area contributed by atoms with Gasteiger partial charge in [-0.05, 0) is 53.4 Å². The molecule has 1 aliphatic rings. The fourth-order valence-corrected chi connectivity index (χ4v) is 4.51. The van der Waals surface area contributed by atoms with Gasteiger partial charge in [0.05, 0.1) is 19.3 Å². The van der Waals surface area contributed by atoms with Gasteiger partial charge < -0.3 is 14.8 Å². The summed E-state index contributed by atoms with van der Waals surface area (Å²) in [6.07, 6.45) is 0. The minimum Gasteiger partial charge on any atom is -0.489 e.